The number of aromatic nitrogens is 3. The van der Waals surface area contributed by atoms with E-state index in [4.69, 9.17) is 0 Å². The number of hydrogen-bond donors (Lipinski definition) is 2. The summed E-state index contributed by atoms with van der Waals surface area (Å²) in [4.78, 5) is 18.7. The molecule has 0 radical (unpaired) electrons. The van der Waals surface area contributed by atoms with E-state index < -0.39 is 5.60 Å². The number of nitrogens with one attached hydrogen (secondary N) is 1. The molecule has 7 heteroatoms. The highest BCUT2D eigenvalue weighted by atomic mass is 32.2. The van der Waals surface area contributed by atoms with Crippen molar-refractivity contribution in [3.8, 4) is 0 Å². The number of thioether (sulfide) groups is 1. The lowest BCUT2D eigenvalue weighted by Gasteiger charge is -2.28. The topological polar surface area (TPSA) is 83.3 Å². The summed E-state index contributed by atoms with van der Waals surface area (Å²) in [7, 11) is 0. The van der Waals surface area contributed by atoms with Crippen molar-refractivity contribution >= 4 is 30.0 Å². The first-order valence-electron chi connectivity index (χ1n) is 10.0. The zero-order valence-electron chi connectivity index (χ0n) is 18.4. The predicted molar refractivity (Wildman–Crippen MR) is 129 cm³/mol. The molecular weight excluding hydrogens is 394 g/mol. The van der Waals surface area contributed by atoms with Crippen LogP contribution in [0.5, 0.6) is 0 Å². The zero-order valence-corrected chi connectivity index (χ0v) is 19.2. The van der Waals surface area contributed by atoms with Crippen LogP contribution in [-0.2, 0) is 5.75 Å². The quantitative estimate of drug-likeness (QED) is 0.373. The standard InChI is InChI=1S/C22H33N5OS.CH4/c1-8-17(22(5,6)28)9-11-25-21-18(14(2)26-16(4)27-21)13-29-19-10-12-24-15(3)20(19)23-7;/h10,12,17,28H,7-9,11,13H2,1-6H3,(H,25,26,27);1H4. The van der Waals surface area contributed by atoms with Crippen molar-refractivity contribution in [2.75, 3.05) is 11.9 Å². The van der Waals surface area contributed by atoms with Crippen LogP contribution < -0.4 is 5.32 Å². The van der Waals surface area contributed by atoms with E-state index in [2.05, 4.69) is 38.9 Å². The molecule has 0 bridgehead atoms. The summed E-state index contributed by atoms with van der Waals surface area (Å²) in [6, 6.07) is 1.97. The van der Waals surface area contributed by atoms with Crippen LogP contribution in [0.1, 0.15) is 63.8 Å². The highest BCUT2D eigenvalue weighted by molar-refractivity contribution is 7.98. The molecule has 6 nitrogen and oxygen atoms in total. The van der Waals surface area contributed by atoms with Gasteiger partial charge in [-0.2, -0.15) is 0 Å². The molecule has 1 unspecified atom stereocenters. The van der Waals surface area contributed by atoms with Gasteiger partial charge in [-0.3, -0.25) is 9.98 Å². The van der Waals surface area contributed by atoms with E-state index in [9.17, 15) is 5.11 Å². The Morgan fingerprint density at radius 2 is 1.93 bits per heavy atom. The van der Waals surface area contributed by atoms with Gasteiger partial charge in [0.2, 0.25) is 0 Å². The van der Waals surface area contributed by atoms with Crippen LogP contribution in [0.4, 0.5) is 11.5 Å². The second-order valence-corrected chi connectivity index (χ2v) is 8.86. The Morgan fingerprint density at radius 1 is 1.23 bits per heavy atom. The first-order valence-corrected chi connectivity index (χ1v) is 11.0. The van der Waals surface area contributed by atoms with Gasteiger partial charge in [0.25, 0.3) is 0 Å². The molecule has 0 saturated carbocycles. The number of aryl methyl sites for hydroxylation is 3. The fourth-order valence-corrected chi connectivity index (χ4v) is 4.62. The zero-order chi connectivity index (χ0) is 21.6. The summed E-state index contributed by atoms with van der Waals surface area (Å²) >= 11 is 1.69. The molecule has 1 atom stereocenters. The number of hydrogen-bond acceptors (Lipinski definition) is 7. The normalized spacial score (nSPS) is 12.2. The van der Waals surface area contributed by atoms with Gasteiger partial charge >= 0.3 is 0 Å². The fraction of sp³-hybridized carbons (Fsp3) is 0.565. The minimum absolute atomic E-state index is 0. The van der Waals surface area contributed by atoms with Crippen molar-refractivity contribution in [1.29, 1.82) is 0 Å². The van der Waals surface area contributed by atoms with Crippen LogP contribution >= 0.6 is 11.8 Å². The Hall–Kier alpha value is -1.99. The lowest BCUT2D eigenvalue weighted by atomic mass is 9.86. The summed E-state index contributed by atoms with van der Waals surface area (Å²) < 4.78 is 0. The Morgan fingerprint density at radius 3 is 2.53 bits per heavy atom. The van der Waals surface area contributed by atoms with Crippen LogP contribution in [0.25, 0.3) is 0 Å². The van der Waals surface area contributed by atoms with Crippen molar-refractivity contribution in [3.63, 3.8) is 0 Å². The number of aliphatic hydroxyl groups is 1. The Bertz CT molecular complexity index is 848. The number of rotatable bonds is 10. The van der Waals surface area contributed by atoms with E-state index in [-0.39, 0.29) is 13.3 Å². The van der Waals surface area contributed by atoms with E-state index >= 15 is 0 Å². The largest absolute Gasteiger partial charge is 0.390 e. The molecule has 2 heterocycles. The van der Waals surface area contributed by atoms with Gasteiger partial charge in [-0.1, -0.05) is 20.8 Å². The molecule has 0 aliphatic heterocycles. The molecule has 30 heavy (non-hydrogen) atoms. The number of aliphatic imine (C=N–C) groups is 1. The van der Waals surface area contributed by atoms with Crippen molar-refractivity contribution in [1.82, 2.24) is 15.0 Å². The Balaban J connectivity index is 0.00000450. The number of nitrogens with zero attached hydrogens (tertiary/aromatic N) is 4. The maximum Gasteiger partial charge on any atom is 0.134 e. The number of anilines is 1. The first kappa shape index (κ1) is 26.0. The third-order valence-electron chi connectivity index (χ3n) is 5.20. The SMILES string of the molecule is C.C=Nc1c(SCc2c(C)nc(C)nc2NCCC(CC)C(C)(C)O)ccnc1C. The molecule has 2 rings (SSSR count). The summed E-state index contributed by atoms with van der Waals surface area (Å²) in [5.41, 5.74) is 3.08. The summed E-state index contributed by atoms with van der Waals surface area (Å²) in [5.74, 6) is 2.58. The molecule has 0 aliphatic rings. The van der Waals surface area contributed by atoms with Gasteiger partial charge in [0.1, 0.15) is 11.6 Å². The molecule has 0 saturated heterocycles. The minimum atomic E-state index is -0.681. The van der Waals surface area contributed by atoms with Gasteiger partial charge in [-0.05, 0) is 59.7 Å². The smallest absolute Gasteiger partial charge is 0.134 e. The van der Waals surface area contributed by atoms with E-state index in [0.29, 0.717) is 0 Å². The second-order valence-electron chi connectivity index (χ2n) is 7.85. The van der Waals surface area contributed by atoms with Crippen molar-refractivity contribution in [2.24, 2.45) is 10.9 Å². The minimum Gasteiger partial charge on any atom is -0.390 e. The second kappa shape index (κ2) is 11.4. The highest BCUT2D eigenvalue weighted by Gasteiger charge is 2.24. The highest BCUT2D eigenvalue weighted by Crippen LogP contribution is 2.35. The Kier molecular flexibility index (Phi) is 9.91. The van der Waals surface area contributed by atoms with E-state index in [1.807, 2.05) is 40.7 Å². The van der Waals surface area contributed by atoms with E-state index in [0.717, 1.165) is 64.3 Å². The lowest BCUT2D eigenvalue weighted by Crippen LogP contribution is -2.31. The van der Waals surface area contributed by atoms with Crippen LogP contribution in [0.2, 0.25) is 0 Å². The van der Waals surface area contributed by atoms with Gasteiger partial charge in [-0.15, -0.1) is 11.8 Å². The third kappa shape index (κ3) is 6.77. The average Bonchev–Trinajstić information content (AvgIpc) is 2.63. The molecule has 0 spiro atoms. The average molecular weight is 432 g/mol. The first-order chi connectivity index (χ1) is 13.7. The van der Waals surface area contributed by atoms with E-state index in [1.165, 1.54) is 0 Å². The van der Waals surface area contributed by atoms with E-state index in [1.54, 1.807) is 18.0 Å². The maximum absolute atomic E-state index is 10.3. The molecule has 2 N–H and O–H groups in total. The molecule has 0 fully saturated rings. The van der Waals surface area contributed by atoms with Crippen molar-refractivity contribution < 1.29 is 5.11 Å². The van der Waals surface area contributed by atoms with Crippen molar-refractivity contribution in [3.05, 3.63) is 35.0 Å². The van der Waals surface area contributed by atoms with Gasteiger partial charge in [-0.25, -0.2) is 9.97 Å². The van der Waals surface area contributed by atoms with Gasteiger partial charge < -0.3 is 10.4 Å². The fourth-order valence-electron chi connectivity index (χ4n) is 3.47. The van der Waals surface area contributed by atoms with Gasteiger partial charge in [0.05, 0.1) is 17.0 Å². The monoisotopic (exact) mass is 431 g/mol. The summed E-state index contributed by atoms with van der Waals surface area (Å²) in [6.07, 6.45) is 3.61. The Labute approximate surface area is 186 Å². The molecule has 0 aromatic carbocycles. The molecule has 0 amide bonds. The number of pyridine rings is 1. The van der Waals surface area contributed by atoms with Gasteiger partial charge in [0, 0.05) is 34.6 Å². The lowest BCUT2D eigenvalue weighted by molar-refractivity contribution is 0.0130. The maximum atomic E-state index is 10.3. The predicted octanol–water partition coefficient (Wildman–Crippen LogP) is 5.66. The van der Waals surface area contributed by atoms with Crippen LogP contribution in [-0.4, -0.2) is 38.9 Å². The van der Waals surface area contributed by atoms with Crippen LogP contribution in [0.15, 0.2) is 22.2 Å². The molecule has 2 aromatic rings. The molecular formula is C23H37N5OS. The summed E-state index contributed by atoms with van der Waals surface area (Å²) in [6.45, 7) is 16.2. The van der Waals surface area contributed by atoms with Gasteiger partial charge in [0.15, 0.2) is 0 Å². The van der Waals surface area contributed by atoms with Crippen LogP contribution in [0.3, 0.4) is 0 Å². The molecule has 2 aromatic heterocycles. The third-order valence-corrected chi connectivity index (χ3v) is 6.28. The van der Waals surface area contributed by atoms with Crippen molar-refractivity contribution in [2.45, 2.75) is 78.1 Å². The van der Waals surface area contributed by atoms with Crippen LogP contribution in [0, 0.1) is 26.7 Å². The molecule has 0 aliphatic carbocycles. The molecule has 166 valence electrons. The summed E-state index contributed by atoms with van der Waals surface area (Å²) in [5, 5.41) is 13.8.